The number of aliphatic hydroxyl groups is 1. The predicted molar refractivity (Wildman–Crippen MR) is 64.9 cm³/mol. The summed E-state index contributed by atoms with van der Waals surface area (Å²) < 4.78 is 38.6. The smallest absolute Gasteiger partial charge is 0.392 e. The van der Waals surface area contributed by atoms with E-state index in [1.54, 1.807) is 0 Å². The Hall–Kier alpha value is -1.54. The summed E-state index contributed by atoms with van der Waals surface area (Å²) in [6, 6.07) is 3.75. The molecule has 1 fully saturated rings. The minimum atomic E-state index is -4.53. The molecular formula is C14H14F3NO. The van der Waals surface area contributed by atoms with Gasteiger partial charge in [0.1, 0.15) is 0 Å². The van der Waals surface area contributed by atoms with E-state index in [1.807, 2.05) is 0 Å². The molecule has 5 heteroatoms. The van der Waals surface area contributed by atoms with Crippen LogP contribution >= 0.6 is 0 Å². The number of rotatable bonds is 1. The van der Waals surface area contributed by atoms with Gasteiger partial charge in [0.2, 0.25) is 0 Å². The van der Waals surface area contributed by atoms with Crippen LogP contribution in [0.5, 0.6) is 0 Å². The zero-order chi connectivity index (χ0) is 14.0. The minimum absolute atomic E-state index is 0.255. The maximum absolute atomic E-state index is 12.9. The van der Waals surface area contributed by atoms with Crippen LogP contribution < -0.4 is 0 Å². The summed E-state index contributed by atoms with van der Waals surface area (Å²) in [4.78, 5) is 2.91. The molecule has 1 aromatic rings. The normalized spacial score (nSPS) is 23.9. The lowest BCUT2D eigenvalue weighted by atomic mass is 9.81. The van der Waals surface area contributed by atoms with Crippen molar-refractivity contribution < 1.29 is 18.3 Å². The molecule has 0 bridgehead atoms. The Bertz CT molecular complexity index is 504. The molecule has 1 aliphatic carbocycles. The van der Waals surface area contributed by atoms with Crippen molar-refractivity contribution in [2.75, 3.05) is 0 Å². The van der Waals surface area contributed by atoms with Gasteiger partial charge in [0.05, 0.1) is 18.2 Å². The molecular weight excluding hydrogens is 255 g/mol. The van der Waals surface area contributed by atoms with Crippen LogP contribution in [-0.2, 0) is 6.18 Å². The summed E-state index contributed by atoms with van der Waals surface area (Å²) in [6.45, 7) is 6.79. The number of aliphatic hydroxyl groups excluding tert-OH is 1. The first kappa shape index (κ1) is 13.9. The van der Waals surface area contributed by atoms with Gasteiger partial charge < -0.3 is 5.11 Å². The average Bonchev–Trinajstić information content (AvgIpc) is 2.37. The quantitative estimate of drug-likeness (QED) is 0.756. The molecule has 2 atom stereocenters. The van der Waals surface area contributed by atoms with Gasteiger partial charge in [-0.3, -0.25) is 0 Å². The summed E-state index contributed by atoms with van der Waals surface area (Å²) >= 11 is 0. The van der Waals surface area contributed by atoms with E-state index in [1.165, 1.54) is 12.1 Å². The maximum atomic E-state index is 12.9. The zero-order valence-corrected chi connectivity index (χ0v) is 10.2. The second-order valence-electron chi connectivity index (χ2n) is 4.84. The van der Waals surface area contributed by atoms with Crippen LogP contribution in [0.4, 0.5) is 18.9 Å². The fourth-order valence-corrected chi connectivity index (χ4v) is 2.61. The third-order valence-electron chi connectivity index (χ3n) is 3.60. The Morgan fingerprint density at radius 3 is 2.47 bits per heavy atom. The molecule has 0 aromatic heterocycles. The number of benzene rings is 1. The lowest BCUT2D eigenvalue weighted by Gasteiger charge is -2.28. The number of hydrogen-bond acceptors (Lipinski definition) is 1. The topological polar surface area (TPSA) is 24.6 Å². The Labute approximate surface area is 109 Å². The molecule has 0 unspecified atom stereocenters. The van der Waals surface area contributed by atoms with Crippen LogP contribution in [0.15, 0.2) is 18.2 Å². The maximum Gasteiger partial charge on any atom is 0.407 e. The minimum Gasteiger partial charge on any atom is -0.392 e. The molecule has 1 saturated carbocycles. The molecule has 1 aromatic carbocycles. The van der Waals surface area contributed by atoms with E-state index < -0.39 is 17.8 Å². The number of nitrogens with zero attached hydrogens (tertiary/aromatic N) is 1. The van der Waals surface area contributed by atoms with Crippen LogP contribution in [0.3, 0.4) is 0 Å². The van der Waals surface area contributed by atoms with Crippen LogP contribution in [0.2, 0.25) is 0 Å². The van der Waals surface area contributed by atoms with Crippen LogP contribution in [0.1, 0.15) is 42.7 Å². The van der Waals surface area contributed by atoms with Gasteiger partial charge in [0.15, 0.2) is 5.69 Å². The molecule has 0 radical (unpaired) electrons. The van der Waals surface area contributed by atoms with Gasteiger partial charge in [-0.2, -0.15) is 13.2 Å². The van der Waals surface area contributed by atoms with Gasteiger partial charge in [-0.15, -0.1) is 0 Å². The van der Waals surface area contributed by atoms with E-state index in [2.05, 4.69) is 4.85 Å². The molecule has 2 nitrogen and oxygen atoms in total. The summed E-state index contributed by atoms with van der Waals surface area (Å²) in [5, 5.41) is 9.90. The summed E-state index contributed by atoms with van der Waals surface area (Å²) in [7, 11) is 0. The SMILES string of the molecule is [C-]#[N+]c1ccc([C@H]2CCCC[C@H]2O)cc1C(F)(F)F. The van der Waals surface area contributed by atoms with Crippen molar-refractivity contribution in [3.8, 4) is 0 Å². The second kappa shape index (κ2) is 5.22. The Kier molecular flexibility index (Phi) is 3.81. The number of alkyl halides is 3. The third kappa shape index (κ3) is 2.90. The van der Waals surface area contributed by atoms with Crippen LogP contribution in [-0.4, -0.2) is 11.2 Å². The Morgan fingerprint density at radius 1 is 1.21 bits per heavy atom. The molecule has 1 aliphatic rings. The lowest BCUT2D eigenvalue weighted by Crippen LogP contribution is -2.22. The summed E-state index contributed by atoms with van der Waals surface area (Å²) in [5.74, 6) is -0.255. The van der Waals surface area contributed by atoms with Crippen molar-refractivity contribution in [1.82, 2.24) is 0 Å². The highest BCUT2D eigenvalue weighted by molar-refractivity contribution is 5.55. The van der Waals surface area contributed by atoms with Gasteiger partial charge >= 0.3 is 6.18 Å². The zero-order valence-electron chi connectivity index (χ0n) is 10.2. The Morgan fingerprint density at radius 2 is 1.89 bits per heavy atom. The molecule has 102 valence electrons. The predicted octanol–water partition coefficient (Wildman–Crippen LogP) is 4.27. The summed E-state index contributed by atoms with van der Waals surface area (Å²) in [6.07, 6.45) is -1.99. The number of hydrogen-bond donors (Lipinski definition) is 1. The van der Waals surface area contributed by atoms with Crippen LogP contribution in [0.25, 0.3) is 4.85 Å². The first-order valence-electron chi connectivity index (χ1n) is 6.20. The first-order valence-corrected chi connectivity index (χ1v) is 6.20. The van der Waals surface area contributed by atoms with E-state index >= 15 is 0 Å². The molecule has 0 amide bonds. The molecule has 0 spiro atoms. The van der Waals surface area contributed by atoms with Gasteiger partial charge in [0, 0.05) is 5.92 Å². The van der Waals surface area contributed by atoms with E-state index in [0.717, 1.165) is 18.9 Å². The highest BCUT2D eigenvalue weighted by Gasteiger charge is 2.35. The van der Waals surface area contributed by atoms with Crippen molar-refractivity contribution in [1.29, 1.82) is 0 Å². The standard InChI is InChI=1S/C14H14F3NO/c1-18-12-7-6-9(8-11(12)14(15,16)17)10-4-2-3-5-13(10)19/h6-8,10,13,19H,2-5H2/t10-,13-/m1/s1. The third-order valence-corrected chi connectivity index (χ3v) is 3.60. The largest absolute Gasteiger partial charge is 0.407 e. The van der Waals surface area contributed by atoms with Gasteiger partial charge in [-0.25, -0.2) is 4.85 Å². The van der Waals surface area contributed by atoms with E-state index in [-0.39, 0.29) is 11.6 Å². The first-order chi connectivity index (χ1) is 8.93. The molecule has 2 rings (SSSR count). The fourth-order valence-electron chi connectivity index (χ4n) is 2.61. The monoisotopic (exact) mass is 269 g/mol. The van der Waals surface area contributed by atoms with Crippen molar-refractivity contribution in [2.24, 2.45) is 0 Å². The highest BCUT2D eigenvalue weighted by atomic mass is 19.4. The van der Waals surface area contributed by atoms with Crippen molar-refractivity contribution >= 4 is 5.69 Å². The molecule has 0 saturated heterocycles. The van der Waals surface area contributed by atoms with Crippen molar-refractivity contribution in [3.05, 3.63) is 40.7 Å². The lowest BCUT2D eigenvalue weighted by molar-refractivity contribution is -0.136. The van der Waals surface area contributed by atoms with Crippen molar-refractivity contribution in [3.63, 3.8) is 0 Å². The van der Waals surface area contributed by atoms with Gasteiger partial charge in [-0.05, 0) is 18.4 Å². The molecule has 19 heavy (non-hydrogen) atoms. The summed E-state index contributed by atoms with van der Waals surface area (Å²) in [5.41, 5.74) is -0.814. The number of halogens is 3. The molecule has 1 N–H and O–H groups in total. The van der Waals surface area contributed by atoms with Gasteiger partial charge in [-0.1, -0.05) is 31.0 Å². The molecule has 0 heterocycles. The van der Waals surface area contributed by atoms with Crippen LogP contribution in [0, 0.1) is 6.57 Å². The van der Waals surface area contributed by atoms with E-state index in [4.69, 9.17) is 6.57 Å². The molecule has 0 aliphatic heterocycles. The fraction of sp³-hybridized carbons (Fsp3) is 0.500. The second-order valence-corrected chi connectivity index (χ2v) is 4.84. The Balaban J connectivity index is 2.41. The average molecular weight is 269 g/mol. The van der Waals surface area contributed by atoms with E-state index in [9.17, 15) is 18.3 Å². The van der Waals surface area contributed by atoms with E-state index in [0.29, 0.717) is 18.4 Å². The highest BCUT2D eigenvalue weighted by Crippen LogP contribution is 2.40. The van der Waals surface area contributed by atoms with Crippen molar-refractivity contribution in [2.45, 2.75) is 43.9 Å². The van der Waals surface area contributed by atoms with Gasteiger partial charge in [0.25, 0.3) is 0 Å².